The zero-order valence-electron chi connectivity index (χ0n) is 12.7. The number of benzene rings is 1. The average molecular weight is 273 g/mol. The third-order valence-electron chi connectivity index (χ3n) is 4.85. The van der Waals surface area contributed by atoms with Crippen molar-refractivity contribution in [1.82, 2.24) is 5.32 Å². The molecular weight excluding hydrogens is 246 g/mol. The molecule has 0 radical (unpaired) electrons. The molecule has 1 saturated heterocycles. The lowest BCUT2D eigenvalue weighted by Crippen LogP contribution is -2.40. The van der Waals surface area contributed by atoms with Gasteiger partial charge in [0.2, 0.25) is 0 Å². The monoisotopic (exact) mass is 273 g/mol. The summed E-state index contributed by atoms with van der Waals surface area (Å²) in [5.41, 5.74) is 1.46. The minimum atomic E-state index is 0.485. The van der Waals surface area contributed by atoms with Crippen molar-refractivity contribution in [2.75, 3.05) is 13.2 Å². The van der Waals surface area contributed by atoms with Gasteiger partial charge in [-0.3, -0.25) is 0 Å². The Morgan fingerprint density at radius 2 is 1.90 bits per heavy atom. The minimum Gasteiger partial charge on any atom is -0.376 e. The van der Waals surface area contributed by atoms with Gasteiger partial charge in [0.1, 0.15) is 0 Å². The maximum Gasteiger partial charge on any atom is 0.0756 e. The first-order valence-electron chi connectivity index (χ1n) is 8.15. The molecule has 1 aliphatic carbocycles. The highest BCUT2D eigenvalue weighted by molar-refractivity contribution is 5.20. The van der Waals surface area contributed by atoms with E-state index in [4.69, 9.17) is 4.74 Å². The topological polar surface area (TPSA) is 21.3 Å². The zero-order chi connectivity index (χ0) is 13.9. The van der Waals surface area contributed by atoms with Crippen molar-refractivity contribution in [3.63, 3.8) is 0 Å². The van der Waals surface area contributed by atoms with E-state index in [1.54, 1.807) is 0 Å². The molecule has 0 bridgehead atoms. The summed E-state index contributed by atoms with van der Waals surface area (Å²) in [7, 11) is 0. The quantitative estimate of drug-likeness (QED) is 0.855. The molecule has 1 N–H and O–H groups in total. The van der Waals surface area contributed by atoms with Crippen molar-refractivity contribution >= 4 is 0 Å². The molecule has 0 aromatic heterocycles. The van der Waals surface area contributed by atoms with E-state index in [2.05, 4.69) is 49.5 Å². The molecule has 110 valence electrons. The smallest absolute Gasteiger partial charge is 0.0756 e. The molecule has 2 nitrogen and oxygen atoms in total. The molecule has 0 spiro atoms. The lowest BCUT2D eigenvalue weighted by atomic mass is 9.88. The summed E-state index contributed by atoms with van der Waals surface area (Å²) in [6.45, 7) is 6.65. The van der Waals surface area contributed by atoms with Crippen LogP contribution in [0.2, 0.25) is 0 Å². The fraction of sp³-hybridized carbons (Fsp3) is 0.667. The molecule has 1 heterocycles. The lowest BCUT2D eigenvalue weighted by molar-refractivity contribution is 0.0806. The predicted molar refractivity (Wildman–Crippen MR) is 82.9 cm³/mol. The Morgan fingerprint density at radius 3 is 2.55 bits per heavy atom. The van der Waals surface area contributed by atoms with Crippen LogP contribution in [0.15, 0.2) is 30.3 Å². The maximum absolute atomic E-state index is 5.93. The summed E-state index contributed by atoms with van der Waals surface area (Å²) in [6, 6.07) is 11.5. The Hall–Kier alpha value is -0.860. The summed E-state index contributed by atoms with van der Waals surface area (Å²) >= 11 is 0. The fourth-order valence-electron chi connectivity index (χ4n) is 3.44. The predicted octanol–water partition coefficient (Wildman–Crippen LogP) is 3.58. The maximum atomic E-state index is 5.93. The SMILES string of the molecule is CC(C)C(CNC1CCOC1C1CC1)c1ccccc1. The Kier molecular flexibility index (Phi) is 4.42. The van der Waals surface area contributed by atoms with Crippen LogP contribution in [0, 0.1) is 11.8 Å². The second kappa shape index (κ2) is 6.28. The summed E-state index contributed by atoms with van der Waals surface area (Å²) in [6.07, 6.45) is 4.41. The molecule has 3 rings (SSSR count). The van der Waals surface area contributed by atoms with Crippen LogP contribution in [0.25, 0.3) is 0 Å². The molecule has 3 unspecified atom stereocenters. The first-order chi connectivity index (χ1) is 9.75. The van der Waals surface area contributed by atoms with Gasteiger partial charge in [-0.2, -0.15) is 0 Å². The van der Waals surface area contributed by atoms with E-state index in [9.17, 15) is 0 Å². The number of rotatable bonds is 6. The molecule has 0 amide bonds. The van der Waals surface area contributed by atoms with E-state index < -0.39 is 0 Å². The second-order valence-corrected chi connectivity index (χ2v) is 6.74. The highest BCUT2D eigenvalue weighted by atomic mass is 16.5. The van der Waals surface area contributed by atoms with E-state index >= 15 is 0 Å². The Balaban J connectivity index is 1.59. The Labute approximate surface area is 122 Å². The van der Waals surface area contributed by atoms with Crippen LogP contribution in [0.3, 0.4) is 0 Å². The number of hydrogen-bond donors (Lipinski definition) is 1. The van der Waals surface area contributed by atoms with Gasteiger partial charge in [-0.05, 0) is 42.6 Å². The van der Waals surface area contributed by atoms with Crippen molar-refractivity contribution in [1.29, 1.82) is 0 Å². The average Bonchev–Trinajstić information content (AvgIpc) is 3.19. The van der Waals surface area contributed by atoms with Crippen molar-refractivity contribution in [2.45, 2.75) is 51.2 Å². The first-order valence-corrected chi connectivity index (χ1v) is 8.15. The van der Waals surface area contributed by atoms with Crippen molar-refractivity contribution in [3.05, 3.63) is 35.9 Å². The standard InChI is InChI=1S/C18H27NO/c1-13(2)16(14-6-4-3-5-7-14)12-19-17-10-11-20-18(17)15-8-9-15/h3-7,13,15-19H,8-12H2,1-2H3. The third-order valence-corrected chi connectivity index (χ3v) is 4.85. The van der Waals surface area contributed by atoms with Gasteiger partial charge < -0.3 is 10.1 Å². The van der Waals surface area contributed by atoms with Crippen LogP contribution in [0.5, 0.6) is 0 Å². The highest BCUT2D eigenvalue weighted by Crippen LogP contribution is 2.39. The number of ether oxygens (including phenoxy) is 1. The van der Waals surface area contributed by atoms with Crippen LogP contribution in [-0.2, 0) is 4.74 Å². The van der Waals surface area contributed by atoms with Crippen LogP contribution >= 0.6 is 0 Å². The van der Waals surface area contributed by atoms with Gasteiger partial charge in [0.25, 0.3) is 0 Å². The second-order valence-electron chi connectivity index (χ2n) is 6.74. The van der Waals surface area contributed by atoms with E-state index in [1.165, 1.54) is 24.8 Å². The molecule has 1 aliphatic heterocycles. The third kappa shape index (κ3) is 3.24. The minimum absolute atomic E-state index is 0.485. The van der Waals surface area contributed by atoms with Crippen LogP contribution in [0.4, 0.5) is 0 Å². The summed E-state index contributed by atoms with van der Waals surface area (Å²) < 4.78 is 5.93. The summed E-state index contributed by atoms with van der Waals surface area (Å²) in [4.78, 5) is 0. The normalized spacial score (nSPS) is 27.9. The molecular formula is C18H27NO. The van der Waals surface area contributed by atoms with E-state index in [0.29, 0.717) is 24.0 Å². The van der Waals surface area contributed by atoms with Gasteiger partial charge in [-0.1, -0.05) is 44.2 Å². The van der Waals surface area contributed by atoms with Gasteiger partial charge in [-0.25, -0.2) is 0 Å². The Morgan fingerprint density at radius 1 is 1.15 bits per heavy atom. The van der Waals surface area contributed by atoms with E-state index in [-0.39, 0.29) is 0 Å². The van der Waals surface area contributed by atoms with E-state index in [0.717, 1.165) is 19.1 Å². The van der Waals surface area contributed by atoms with Crippen LogP contribution in [0.1, 0.15) is 44.6 Å². The van der Waals surface area contributed by atoms with Crippen molar-refractivity contribution in [2.24, 2.45) is 11.8 Å². The molecule has 1 saturated carbocycles. The summed E-state index contributed by atoms with van der Waals surface area (Å²) in [5, 5.41) is 3.81. The number of nitrogens with one attached hydrogen (secondary N) is 1. The molecule has 1 aromatic rings. The zero-order valence-corrected chi connectivity index (χ0v) is 12.7. The highest BCUT2D eigenvalue weighted by Gasteiger charge is 2.40. The molecule has 2 heteroatoms. The van der Waals surface area contributed by atoms with Gasteiger partial charge in [-0.15, -0.1) is 0 Å². The summed E-state index contributed by atoms with van der Waals surface area (Å²) in [5.74, 6) is 2.09. The van der Waals surface area contributed by atoms with Crippen LogP contribution < -0.4 is 5.32 Å². The van der Waals surface area contributed by atoms with Crippen molar-refractivity contribution < 1.29 is 4.74 Å². The Bertz CT molecular complexity index is 413. The molecule has 3 atom stereocenters. The largest absolute Gasteiger partial charge is 0.376 e. The lowest BCUT2D eigenvalue weighted by Gasteiger charge is -2.26. The van der Waals surface area contributed by atoms with Gasteiger partial charge >= 0.3 is 0 Å². The van der Waals surface area contributed by atoms with Crippen LogP contribution in [-0.4, -0.2) is 25.3 Å². The fourth-order valence-corrected chi connectivity index (χ4v) is 3.44. The molecule has 20 heavy (non-hydrogen) atoms. The number of hydrogen-bond acceptors (Lipinski definition) is 2. The molecule has 2 fully saturated rings. The first kappa shape index (κ1) is 14.1. The van der Waals surface area contributed by atoms with Gasteiger partial charge in [0, 0.05) is 19.2 Å². The molecule has 2 aliphatic rings. The van der Waals surface area contributed by atoms with E-state index in [1.807, 2.05) is 0 Å². The van der Waals surface area contributed by atoms with Gasteiger partial charge in [0.15, 0.2) is 0 Å². The molecule has 1 aromatic carbocycles. The van der Waals surface area contributed by atoms with Gasteiger partial charge in [0.05, 0.1) is 6.10 Å². The van der Waals surface area contributed by atoms with Crippen molar-refractivity contribution in [3.8, 4) is 0 Å².